The minimum absolute atomic E-state index is 0.113. The molecular weight excluding hydrogens is 296 g/mol. The summed E-state index contributed by atoms with van der Waals surface area (Å²) in [4.78, 5) is 17.3. The van der Waals surface area contributed by atoms with Crippen molar-refractivity contribution in [2.45, 2.75) is 51.1 Å². The van der Waals surface area contributed by atoms with E-state index in [1.165, 1.54) is 18.5 Å². The molecule has 0 aliphatic carbocycles. The number of nitrogens with zero attached hydrogens (tertiary/aromatic N) is 2. The van der Waals surface area contributed by atoms with Crippen molar-refractivity contribution in [3.8, 4) is 0 Å². The number of hydrogen-bond donors (Lipinski definition) is 0. The predicted octanol–water partition coefficient (Wildman–Crippen LogP) is 4.08. The van der Waals surface area contributed by atoms with Gasteiger partial charge in [0.2, 0.25) is 0 Å². The maximum absolute atomic E-state index is 12.8. The number of fused-ring (bicyclic) bond motifs is 2. The third-order valence-electron chi connectivity index (χ3n) is 5.29. The lowest BCUT2D eigenvalue weighted by Gasteiger charge is -2.35. The molecule has 0 spiro atoms. The second kappa shape index (κ2) is 7.80. The zero-order valence-electron chi connectivity index (χ0n) is 14.8. The van der Waals surface area contributed by atoms with Gasteiger partial charge < -0.3 is 4.90 Å². The van der Waals surface area contributed by atoms with Gasteiger partial charge >= 0.3 is 0 Å². The van der Waals surface area contributed by atoms with Crippen LogP contribution in [-0.2, 0) is 4.79 Å². The molecule has 24 heavy (non-hydrogen) atoms. The van der Waals surface area contributed by atoms with Crippen molar-refractivity contribution < 1.29 is 4.79 Å². The van der Waals surface area contributed by atoms with Gasteiger partial charge in [-0.15, -0.1) is 0 Å². The van der Waals surface area contributed by atoms with Crippen molar-refractivity contribution in [3.05, 3.63) is 53.7 Å². The third kappa shape index (κ3) is 3.78. The molecule has 1 saturated heterocycles. The zero-order chi connectivity index (χ0) is 16.9. The SMILES string of the molecule is CCCCN(C(=O)/C=C/c1ccccc1)C1=CC2CCC(C1)N2C. The number of carbonyl (C=O) groups is 1. The Morgan fingerprint density at radius 1 is 1.29 bits per heavy atom. The van der Waals surface area contributed by atoms with E-state index in [1.807, 2.05) is 41.3 Å². The van der Waals surface area contributed by atoms with E-state index >= 15 is 0 Å². The molecule has 3 rings (SSSR count). The van der Waals surface area contributed by atoms with Crippen molar-refractivity contribution in [1.82, 2.24) is 9.80 Å². The third-order valence-corrected chi connectivity index (χ3v) is 5.29. The molecule has 2 unspecified atom stereocenters. The molecule has 0 saturated carbocycles. The van der Waals surface area contributed by atoms with Gasteiger partial charge in [-0.3, -0.25) is 9.69 Å². The fraction of sp³-hybridized carbons (Fsp3) is 0.476. The van der Waals surface area contributed by atoms with Gasteiger partial charge in [0.25, 0.3) is 5.91 Å². The fourth-order valence-corrected chi connectivity index (χ4v) is 3.75. The van der Waals surface area contributed by atoms with E-state index in [4.69, 9.17) is 0 Å². The summed E-state index contributed by atoms with van der Waals surface area (Å²) in [5.41, 5.74) is 2.30. The van der Waals surface area contributed by atoms with Crippen LogP contribution in [0, 0.1) is 0 Å². The first-order chi connectivity index (χ1) is 11.7. The number of carbonyl (C=O) groups excluding carboxylic acids is 1. The molecule has 2 aliphatic heterocycles. The minimum Gasteiger partial charge on any atom is -0.313 e. The van der Waals surface area contributed by atoms with E-state index in [1.54, 1.807) is 6.08 Å². The van der Waals surface area contributed by atoms with Gasteiger partial charge in [-0.1, -0.05) is 43.7 Å². The number of rotatable bonds is 6. The summed E-state index contributed by atoms with van der Waals surface area (Å²) in [6, 6.07) is 11.1. The lowest BCUT2D eigenvalue weighted by molar-refractivity contribution is -0.124. The van der Waals surface area contributed by atoms with Crippen molar-refractivity contribution in [3.63, 3.8) is 0 Å². The molecule has 0 radical (unpaired) electrons. The van der Waals surface area contributed by atoms with Crippen LogP contribution in [-0.4, -0.2) is 41.4 Å². The van der Waals surface area contributed by atoms with E-state index in [0.29, 0.717) is 12.1 Å². The summed E-state index contributed by atoms with van der Waals surface area (Å²) in [6.07, 6.45) is 11.6. The zero-order valence-corrected chi connectivity index (χ0v) is 14.8. The second-order valence-electron chi connectivity index (χ2n) is 6.91. The Hall–Kier alpha value is -1.87. The van der Waals surface area contributed by atoms with E-state index in [0.717, 1.165) is 31.4 Å². The Morgan fingerprint density at radius 3 is 2.79 bits per heavy atom. The molecule has 1 amide bonds. The molecule has 128 valence electrons. The van der Waals surface area contributed by atoms with Crippen molar-refractivity contribution in [2.75, 3.05) is 13.6 Å². The number of unbranched alkanes of at least 4 members (excludes halogenated alkanes) is 1. The maximum atomic E-state index is 12.8. The van der Waals surface area contributed by atoms with Gasteiger partial charge in [0.05, 0.1) is 0 Å². The highest BCUT2D eigenvalue weighted by atomic mass is 16.2. The summed E-state index contributed by atoms with van der Waals surface area (Å²) < 4.78 is 0. The first kappa shape index (κ1) is 17.0. The Morgan fingerprint density at radius 2 is 2.08 bits per heavy atom. The van der Waals surface area contributed by atoms with Crippen LogP contribution in [0.25, 0.3) is 6.08 Å². The molecule has 3 nitrogen and oxygen atoms in total. The Balaban J connectivity index is 1.75. The molecule has 1 aromatic carbocycles. The average molecular weight is 324 g/mol. The number of amides is 1. The van der Waals surface area contributed by atoms with Crippen LogP contribution in [0.5, 0.6) is 0 Å². The molecule has 3 heteroatoms. The second-order valence-corrected chi connectivity index (χ2v) is 6.91. The molecule has 0 aromatic heterocycles. The molecule has 1 fully saturated rings. The minimum atomic E-state index is 0.113. The highest BCUT2D eigenvalue weighted by Gasteiger charge is 2.35. The summed E-state index contributed by atoms with van der Waals surface area (Å²) in [6.45, 7) is 3.00. The van der Waals surface area contributed by atoms with E-state index in [2.05, 4.69) is 24.9 Å². The molecular formula is C21H28N2O. The average Bonchev–Trinajstić information content (AvgIpc) is 2.82. The van der Waals surface area contributed by atoms with Gasteiger partial charge in [0.15, 0.2) is 0 Å². The highest BCUT2D eigenvalue weighted by molar-refractivity contribution is 5.93. The van der Waals surface area contributed by atoms with Crippen LogP contribution in [0.4, 0.5) is 0 Å². The first-order valence-electron chi connectivity index (χ1n) is 9.16. The lowest BCUT2D eigenvalue weighted by atomic mass is 10.1. The molecule has 0 N–H and O–H groups in total. The maximum Gasteiger partial charge on any atom is 0.250 e. The largest absolute Gasteiger partial charge is 0.313 e. The van der Waals surface area contributed by atoms with Gasteiger partial charge in [-0.25, -0.2) is 0 Å². The molecule has 2 atom stereocenters. The number of hydrogen-bond acceptors (Lipinski definition) is 2. The summed E-state index contributed by atoms with van der Waals surface area (Å²) in [5, 5.41) is 0. The number of likely N-dealkylation sites (N-methyl/N-ethyl adjacent to an activating group) is 1. The van der Waals surface area contributed by atoms with Crippen LogP contribution < -0.4 is 0 Å². The highest BCUT2D eigenvalue weighted by Crippen LogP contribution is 2.34. The Kier molecular flexibility index (Phi) is 5.52. The van der Waals surface area contributed by atoms with Crippen molar-refractivity contribution >= 4 is 12.0 Å². The quantitative estimate of drug-likeness (QED) is 0.736. The molecule has 2 heterocycles. The summed E-state index contributed by atoms with van der Waals surface area (Å²) in [7, 11) is 2.21. The molecule has 1 aromatic rings. The van der Waals surface area contributed by atoms with Crippen molar-refractivity contribution in [1.29, 1.82) is 0 Å². The predicted molar refractivity (Wildman–Crippen MR) is 99.4 cm³/mol. The van der Waals surface area contributed by atoms with E-state index in [9.17, 15) is 4.79 Å². The first-order valence-corrected chi connectivity index (χ1v) is 9.16. The van der Waals surface area contributed by atoms with Gasteiger partial charge in [0.1, 0.15) is 0 Å². The lowest BCUT2D eigenvalue weighted by Crippen LogP contribution is -2.40. The topological polar surface area (TPSA) is 23.6 Å². The fourth-order valence-electron chi connectivity index (χ4n) is 3.75. The smallest absolute Gasteiger partial charge is 0.250 e. The van der Waals surface area contributed by atoms with Crippen LogP contribution in [0.3, 0.4) is 0 Å². The number of benzene rings is 1. The van der Waals surface area contributed by atoms with Gasteiger partial charge in [0, 0.05) is 36.8 Å². The standard InChI is InChI=1S/C21H28N2O/c1-3-4-14-23(20-15-18-11-12-19(16-20)22(18)2)21(24)13-10-17-8-6-5-7-9-17/h5-10,13,15,18-19H,3-4,11-12,14,16H2,1-2H3/b13-10+. The van der Waals surface area contributed by atoms with Crippen LogP contribution in [0.1, 0.15) is 44.6 Å². The van der Waals surface area contributed by atoms with E-state index < -0.39 is 0 Å². The monoisotopic (exact) mass is 324 g/mol. The normalized spacial score (nSPS) is 23.5. The molecule has 2 bridgehead atoms. The Labute approximate surface area is 145 Å². The van der Waals surface area contributed by atoms with Crippen LogP contribution in [0.15, 0.2) is 48.2 Å². The summed E-state index contributed by atoms with van der Waals surface area (Å²) >= 11 is 0. The summed E-state index contributed by atoms with van der Waals surface area (Å²) in [5.74, 6) is 0.113. The van der Waals surface area contributed by atoms with Crippen LogP contribution in [0.2, 0.25) is 0 Å². The molecule has 2 aliphatic rings. The van der Waals surface area contributed by atoms with Gasteiger partial charge in [-0.05, 0) is 44.0 Å². The Bertz CT molecular complexity index is 620. The van der Waals surface area contributed by atoms with Crippen molar-refractivity contribution in [2.24, 2.45) is 0 Å². The van der Waals surface area contributed by atoms with Gasteiger partial charge in [-0.2, -0.15) is 0 Å². The van der Waals surface area contributed by atoms with Crippen LogP contribution >= 0.6 is 0 Å². The van der Waals surface area contributed by atoms with E-state index in [-0.39, 0.29) is 5.91 Å².